The smallest absolute Gasteiger partial charge is 0.272 e. The highest BCUT2D eigenvalue weighted by molar-refractivity contribution is 6.33. The number of allylic oxidation sites excluding steroid dienone is 2. The van der Waals surface area contributed by atoms with Crippen molar-refractivity contribution in [3.05, 3.63) is 76.5 Å². The molecule has 0 bridgehead atoms. The summed E-state index contributed by atoms with van der Waals surface area (Å²) in [5.74, 6) is -0.331. The van der Waals surface area contributed by atoms with Crippen LogP contribution in [-0.2, 0) is 5.41 Å². The number of hydrogen-bond acceptors (Lipinski definition) is 3. The number of nitrogens with one attached hydrogen (secondary N) is 1. The molecule has 0 atom stereocenters. The lowest BCUT2D eigenvalue weighted by atomic mass is 9.84. The van der Waals surface area contributed by atoms with Crippen LogP contribution in [0, 0.1) is 0 Å². The second-order valence-electron chi connectivity index (χ2n) is 6.45. The molecule has 0 spiro atoms. The number of para-hydroxylation sites is 1. The second kappa shape index (κ2) is 6.73. The third-order valence-corrected chi connectivity index (χ3v) is 4.86. The number of fused-ring (bicyclic) bond motifs is 1. The fraction of sp³-hybridized carbons (Fsp3) is 0.200. The van der Waals surface area contributed by atoms with E-state index in [2.05, 4.69) is 47.5 Å². The number of anilines is 1. The normalized spacial score (nSPS) is 17.1. The summed E-state index contributed by atoms with van der Waals surface area (Å²) in [5, 5.41) is 4.43. The molecule has 1 amide bonds. The Kier molecular flexibility index (Phi) is 4.64. The van der Waals surface area contributed by atoms with Crippen LogP contribution in [0.3, 0.4) is 0 Å². The first-order valence-electron chi connectivity index (χ1n) is 8.05. The first kappa shape index (κ1) is 17.2. The van der Waals surface area contributed by atoms with Crippen molar-refractivity contribution in [1.82, 2.24) is 5.43 Å². The topological polar surface area (TPSA) is 44.7 Å². The minimum absolute atomic E-state index is 0.121. The SMILES string of the molecule is CN1/C(=C\C=N/NC(=O)c2ccccc2Cl)C(C)(C)c2ccccc21. The summed E-state index contributed by atoms with van der Waals surface area (Å²) in [6.45, 7) is 4.36. The molecule has 0 aromatic heterocycles. The van der Waals surface area contributed by atoms with Gasteiger partial charge in [0.1, 0.15) is 0 Å². The number of benzene rings is 2. The third-order valence-electron chi connectivity index (χ3n) is 4.53. The van der Waals surface area contributed by atoms with Crippen molar-refractivity contribution in [2.24, 2.45) is 5.10 Å². The molecule has 0 saturated heterocycles. The lowest BCUT2D eigenvalue weighted by Gasteiger charge is -2.23. The molecule has 0 radical (unpaired) electrons. The van der Waals surface area contributed by atoms with E-state index >= 15 is 0 Å². The van der Waals surface area contributed by atoms with E-state index in [1.54, 1.807) is 30.5 Å². The van der Waals surface area contributed by atoms with Crippen molar-refractivity contribution in [3.8, 4) is 0 Å². The summed E-state index contributed by atoms with van der Waals surface area (Å²) in [6, 6.07) is 15.2. The summed E-state index contributed by atoms with van der Waals surface area (Å²) in [6.07, 6.45) is 3.53. The summed E-state index contributed by atoms with van der Waals surface area (Å²) in [4.78, 5) is 14.2. The van der Waals surface area contributed by atoms with Crippen molar-refractivity contribution in [3.63, 3.8) is 0 Å². The molecule has 1 aliphatic rings. The van der Waals surface area contributed by atoms with Crippen LogP contribution < -0.4 is 10.3 Å². The molecule has 128 valence electrons. The zero-order valence-electron chi connectivity index (χ0n) is 14.5. The van der Waals surface area contributed by atoms with E-state index in [1.807, 2.05) is 19.2 Å². The molecule has 2 aromatic carbocycles. The first-order valence-corrected chi connectivity index (χ1v) is 8.42. The van der Waals surface area contributed by atoms with Crippen LogP contribution in [-0.4, -0.2) is 19.2 Å². The van der Waals surface area contributed by atoms with E-state index in [0.717, 1.165) is 5.70 Å². The molecular formula is C20H20ClN3O. The maximum Gasteiger partial charge on any atom is 0.272 e. The number of carbonyl (C=O) groups is 1. The molecule has 5 heteroatoms. The number of carbonyl (C=O) groups excluding carboxylic acids is 1. The molecule has 1 aliphatic heterocycles. The number of nitrogens with zero attached hydrogens (tertiary/aromatic N) is 2. The van der Waals surface area contributed by atoms with E-state index < -0.39 is 0 Å². The Bertz CT molecular complexity index is 871. The lowest BCUT2D eigenvalue weighted by Crippen LogP contribution is -2.23. The zero-order valence-corrected chi connectivity index (χ0v) is 15.2. The molecule has 3 rings (SSSR count). The van der Waals surface area contributed by atoms with Gasteiger partial charge in [-0.15, -0.1) is 0 Å². The van der Waals surface area contributed by atoms with Crippen LogP contribution in [0.4, 0.5) is 5.69 Å². The molecule has 4 nitrogen and oxygen atoms in total. The zero-order chi connectivity index (χ0) is 18.0. The Morgan fingerprint density at radius 3 is 2.56 bits per heavy atom. The highest BCUT2D eigenvalue weighted by atomic mass is 35.5. The average Bonchev–Trinajstić information content (AvgIpc) is 2.79. The summed E-state index contributed by atoms with van der Waals surface area (Å²) >= 11 is 6.01. The summed E-state index contributed by atoms with van der Waals surface area (Å²) in [5.41, 5.74) is 6.37. The Balaban J connectivity index is 1.75. The molecule has 2 aromatic rings. The van der Waals surface area contributed by atoms with E-state index in [1.165, 1.54) is 11.3 Å². The van der Waals surface area contributed by atoms with Crippen LogP contribution in [0.15, 0.2) is 65.4 Å². The average molecular weight is 354 g/mol. The van der Waals surface area contributed by atoms with Crippen LogP contribution in [0.1, 0.15) is 29.8 Å². The minimum Gasteiger partial charge on any atom is -0.347 e. The Morgan fingerprint density at radius 1 is 1.16 bits per heavy atom. The monoisotopic (exact) mass is 353 g/mol. The van der Waals surface area contributed by atoms with Crippen LogP contribution >= 0.6 is 11.6 Å². The van der Waals surface area contributed by atoms with Crippen LogP contribution in [0.25, 0.3) is 0 Å². The molecule has 1 heterocycles. The summed E-state index contributed by atoms with van der Waals surface area (Å²) in [7, 11) is 2.04. The van der Waals surface area contributed by atoms with Gasteiger partial charge in [0, 0.05) is 30.1 Å². The molecule has 0 saturated carbocycles. The largest absolute Gasteiger partial charge is 0.347 e. The van der Waals surface area contributed by atoms with Gasteiger partial charge in [-0.05, 0) is 29.8 Å². The van der Waals surface area contributed by atoms with Crippen LogP contribution in [0.5, 0.6) is 0 Å². The van der Waals surface area contributed by atoms with Gasteiger partial charge >= 0.3 is 0 Å². The van der Waals surface area contributed by atoms with Gasteiger partial charge in [0.05, 0.1) is 10.6 Å². The maximum atomic E-state index is 12.1. The lowest BCUT2D eigenvalue weighted by molar-refractivity contribution is 0.0955. The highest BCUT2D eigenvalue weighted by Crippen LogP contribution is 2.46. The number of likely N-dealkylation sites (N-methyl/N-ethyl adjacent to an activating group) is 1. The Hall–Kier alpha value is -2.59. The van der Waals surface area contributed by atoms with E-state index in [0.29, 0.717) is 10.6 Å². The third kappa shape index (κ3) is 3.17. The molecule has 0 aliphatic carbocycles. The second-order valence-corrected chi connectivity index (χ2v) is 6.86. The predicted molar refractivity (Wildman–Crippen MR) is 103 cm³/mol. The standard InChI is InChI=1S/C20H20ClN3O/c1-20(2)15-9-5-7-11-17(15)24(3)18(20)12-13-22-23-19(25)14-8-4-6-10-16(14)21/h4-13H,1-3H3,(H,23,25)/b18-12-,22-13-. The van der Waals surface area contributed by atoms with Crippen molar-refractivity contribution in [2.45, 2.75) is 19.3 Å². The number of hydrogen-bond donors (Lipinski definition) is 1. The van der Waals surface area contributed by atoms with Crippen molar-refractivity contribution in [1.29, 1.82) is 0 Å². The predicted octanol–water partition coefficient (Wildman–Crippen LogP) is 4.37. The number of halogens is 1. The molecule has 0 unspecified atom stereocenters. The number of amides is 1. The molecule has 25 heavy (non-hydrogen) atoms. The molecular weight excluding hydrogens is 334 g/mol. The minimum atomic E-state index is -0.331. The van der Waals surface area contributed by atoms with E-state index in [9.17, 15) is 4.79 Å². The maximum absolute atomic E-state index is 12.1. The van der Waals surface area contributed by atoms with E-state index in [4.69, 9.17) is 11.6 Å². The van der Waals surface area contributed by atoms with Crippen molar-refractivity contribution < 1.29 is 4.79 Å². The number of hydrazone groups is 1. The van der Waals surface area contributed by atoms with Gasteiger partial charge in [-0.1, -0.05) is 55.8 Å². The van der Waals surface area contributed by atoms with Crippen LogP contribution in [0.2, 0.25) is 5.02 Å². The van der Waals surface area contributed by atoms with Gasteiger partial charge in [-0.2, -0.15) is 5.10 Å². The fourth-order valence-electron chi connectivity index (χ4n) is 3.21. The van der Waals surface area contributed by atoms with Gasteiger partial charge in [-0.3, -0.25) is 4.79 Å². The quantitative estimate of drug-likeness (QED) is 0.658. The van der Waals surface area contributed by atoms with E-state index in [-0.39, 0.29) is 11.3 Å². The number of rotatable bonds is 3. The Labute approximate surface area is 152 Å². The van der Waals surface area contributed by atoms with Gasteiger partial charge < -0.3 is 4.90 Å². The summed E-state index contributed by atoms with van der Waals surface area (Å²) < 4.78 is 0. The van der Waals surface area contributed by atoms with Gasteiger partial charge in [0.2, 0.25) is 0 Å². The fourth-order valence-corrected chi connectivity index (χ4v) is 3.43. The molecule has 1 N–H and O–H groups in total. The Morgan fingerprint density at radius 2 is 1.84 bits per heavy atom. The first-order chi connectivity index (χ1) is 11.9. The van der Waals surface area contributed by atoms with Crippen molar-refractivity contribution in [2.75, 3.05) is 11.9 Å². The highest BCUT2D eigenvalue weighted by Gasteiger charge is 2.37. The van der Waals surface area contributed by atoms with Gasteiger partial charge in [0.25, 0.3) is 5.91 Å². The molecule has 0 fully saturated rings. The van der Waals surface area contributed by atoms with Gasteiger partial charge in [-0.25, -0.2) is 5.43 Å². The van der Waals surface area contributed by atoms with Gasteiger partial charge in [0.15, 0.2) is 0 Å². The van der Waals surface area contributed by atoms with Crippen molar-refractivity contribution >= 4 is 29.4 Å².